The van der Waals surface area contributed by atoms with Crippen LogP contribution in [0.4, 0.5) is 0 Å². The topological polar surface area (TPSA) is 30.5 Å². The van der Waals surface area contributed by atoms with Gasteiger partial charge in [0.15, 0.2) is 0 Å². The molecule has 19 heavy (non-hydrogen) atoms. The van der Waals surface area contributed by atoms with E-state index in [1.54, 1.807) is 0 Å². The normalized spacial score (nSPS) is 25.2. The van der Waals surface area contributed by atoms with E-state index >= 15 is 0 Å². The first-order valence-electron chi connectivity index (χ1n) is 7.31. The van der Waals surface area contributed by atoms with Gasteiger partial charge in [0.05, 0.1) is 18.8 Å². The summed E-state index contributed by atoms with van der Waals surface area (Å²) in [6, 6.07) is 8.83. The molecule has 2 atom stereocenters. The molecule has 1 aromatic rings. The van der Waals surface area contributed by atoms with Crippen molar-refractivity contribution in [1.29, 1.82) is 0 Å². The first-order chi connectivity index (χ1) is 9.36. The minimum Gasteiger partial charge on any atom is -0.376 e. The van der Waals surface area contributed by atoms with Crippen LogP contribution >= 0.6 is 0 Å². The lowest BCUT2D eigenvalue weighted by Gasteiger charge is -2.24. The van der Waals surface area contributed by atoms with Crippen molar-refractivity contribution in [3.63, 3.8) is 0 Å². The first-order valence-corrected chi connectivity index (χ1v) is 7.31. The predicted octanol–water partition coefficient (Wildman–Crippen LogP) is 2.32. The predicted molar refractivity (Wildman–Crippen MR) is 75.2 cm³/mol. The van der Waals surface area contributed by atoms with Crippen LogP contribution in [0.5, 0.6) is 0 Å². The van der Waals surface area contributed by atoms with Crippen molar-refractivity contribution >= 4 is 0 Å². The smallest absolute Gasteiger partial charge is 0.0849 e. The monoisotopic (exact) mass is 261 g/mol. The Hall–Kier alpha value is -0.900. The maximum Gasteiger partial charge on any atom is 0.0849 e. The molecule has 0 bridgehead atoms. The molecule has 104 valence electrons. The fourth-order valence-corrected chi connectivity index (χ4v) is 2.91. The Labute approximate surface area is 115 Å². The van der Waals surface area contributed by atoms with E-state index in [1.807, 2.05) is 7.11 Å². The lowest BCUT2D eigenvalue weighted by Crippen LogP contribution is -2.39. The van der Waals surface area contributed by atoms with Crippen molar-refractivity contribution in [2.24, 2.45) is 5.92 Å². The number of hydrogen-bond donors (Lipinski definition) is 1. The Balaban J connectivity index is 1.68. The molecule has 3 rings (SSSR count). The van der Waals surface area contributed by atoms with Crippen molar-refractivity contribution in [1.82, 2.24) is 5.32 Å². The average Bonchev–Trinajstić information content (AvgIpc) is 3.26. The molecule has 1 N–H and O–H groups in total. The third kappa shape index (κ3) is 3.35. The van der Waals surface area contributed by atoms with E-state index in [0.29, 0.717) is 6.10 Å². The van der Waals surface area contributed by atoms with Crippen molar-refractivity contribution in [2.45, 2.75) is 31.5 Å². The van der Waals surface area contributed by atoms with Gasteiger partial charge in [0.2, 0.25) is 0 Å². The number of benzene rings is 1. The van der Waals surface area contributed by atoms with Gasteiger partial charge in [0.1, 0.15) is 0 Å². The van der Waals surface area contributed by atoms with Gasteiger partial charge in [-0.3, -0.25) is 0 Å². The Morgan fingerprint density at radius 2 is 2.32 bits per heavy atom. The lowest BCUT2D eigenvalue weighted by atomic mass is 9.99. The second kappa shape index (κ2) is 6.04. The van der Waals surface area contributed by atoms with Gasteiger partial charge in [-0.05, 0) is 36.3 Å². The summed E-state index contributed by atoms with van der Waals surface area (Å²) in [7, 11) is 1.82. The number of rotatable bonds is 5. The van der Waals surface area contributed by atoms with Gasteiger partial charge in [-0.15, -0.1) is 0 Å². The maximum atomic E-state index is 5.77. The molecule has 2 fully saturated rings. The molecule has 3 heteroatoms. The third-order valence-corrected chi connectivity index (χ3v) is 4.05. The van der Waals surface area contributed by atoms with Crippen LogP contribution in [0.15, 0.2) is 24.3 Å². The van der Waals surface area contributed by atoms with E-state index in [1.165, 1.54) is 24.0 Å². The van der Waals surface area contributed by atoms with Gasteiger partial charge in [0, 0.05) is 20.2 Å². The zero-order valence-corrected chi connectivity index (χ0v) is 11.6. The molecule has 0 radical (unpaired) electrons. The van der Waals surface area contributed by atoms with Gasteiger partial charge in [-0.2, -0.15) is 0 Å². The van der Waals surface area contributed by atoms with E-state index in [2.05, 4.69) is 29.6 Å². The fourth-order valence-electron chi connectivity index (χ4n) is 2.91. The SMILES string of the molecule is COC(c1cccc(C[C@@H]2CNCCO2)c1)C1CC1. The zero-order valence-electron chi connectivity index (χ0n) is 11.6. The molecule has 0 aromatic heterocycles. The Kier molecular flexibility index (Phi) is 4.16. The highest BCUT2D eigenvalue weighted by atomic mass is 16.5. The molecule has 1 saturated heterocycles. The molecule has 1 heterocycles. The van der Waals surface area contributed by atoms with Gasteiger partial charge < -0.3 is 14.8 Å². The average molecular weight is 261 g/mol. The highest BCUT2D eigenvalue weighted by molar-refractivity contribution is 5.27. The van der Waals surface area contributed by atoms with Crippen molar-refractivity contribution in [3.8, 4) is 0 Å². The van der Waals surface area contributed by atoms with Crippen LogP contribution in [0.3, 0.4) is 0 Å². The number of hydrogen-bond acceptors (Lipinski definition) is 3. The van der Waals surface area contributed by atoms with Crippen molar-refractivity contribution < 1.29 is 9.47 Å². The van der Waals surface area contributed by atoms with Crippen LogP contribution < -0.4 is 5.32 Å². The van der Waals surface area contributed by atoms with E-state index in [4.69, 9.17) is 9.47 Å². The summed E-state index contributed by atoms with van der Waals surface area (Å²) in [5.74, 6) is 0.729. The van der Waals surface area contributed by atoms with Gasteiger partial charge in [-0.25, -0.2) is 0 Å². The molecule has 1 aliphatic heterocycles. The summed E-state index contributed by atoms with van der Waals surface area (Å²) < 4.78 is 11.4. The number of morpholine rings is 1. The Morgan fingerprint density at radius 3 is 3.00 bits per heavy atom. The number of nitrogens with one attached hydrogen (secondary N) is 1. The highest BCUT2D eigenvalue weighted by Gasteiger charge is 2.32. The van der Waals surface area contributed by atoms with E-state index in [0.717, 1.165) is 32.0 Å². The minimum absolute atomic E-state index is 0.283. The fraction of sp³-hybridized carbons (Fsp3) is 0.625. The molecule has 1 unspecified atom stereocenters. The third-order valence-electron chi connectivity index (χ3n) is 4.05. The molecule has 3 nitrogen and oxygen atoms in total. The highest BCUT2D eigenvalue weighted by Crippen LogP contribution is 2.43. The quantitative estimate of drug-likeness (QED) is 0.882. The van der Waals surface area contributed by atoms with Crippen LogP contribution in [-0.2, 0) is 15.9 Å². The van der Waals surface area contributed by atoms with E-state index < -0.39 is 0 Å². The number of methoxy groups -OCH3 is 1. The largest absolute Gasteiger partial charge is 0.376 e. The number of ether oxygens (including phenoxy) is 2. The molecule has 0 amide bonds. The van der Waals surface area contributed by atoms with Crippen LogP contribution in [-0.4, -0.2) is 32.9 Å². The summed E-state index contributed by atoms with van der Waals surface area (Å²) >= 11 is 0. The first kappa shape index (κ1) is 13.1. The molecule has 0 spiro atoms. The molecule has 1 aromatic carbocycles. The maximum absolute atomic E-state index is 5.77. The molecule has 2 aliphatic rings. The molecular formula is C16H23NO2. The summed E-state index contributed by atoms with van der Waals surface area (Å²) in [6.45, 7) is 2.76. The second-order valence-corrected chi connectivity index (χ2v) is 5.64. The Bertz CT molecular complexity index is 411. The Morgan fingerprint density at radius 1 is 1.42 bits per heavy atom. The van der Waals surface area contributed by atoms with Crippen LogP contribution in [0.1, 0.15) is 30.1 Å². The standard InChI is InChI=1S/C16H23NO2/c1-18-16(13-5-6-13)14-4-2-3-12(9-14)10-15-11-17-7-8-19-15/h2-4,9,13,15-17H,5-8,10-11H2,1H3/t15-,16?/m1/s1. The van der Waals surface area contributed by atoms with E-state index in [-0.39, 0.29) is 6.10 Å². The van der Waals surface area contributed by atoms with Crippen LogP contribution in [0, 0.1) is 5.92 Å². The summed E-state index contributed by atoms with van der Waals surface area (Å²) in [5.41, 5.74) is 2.68. The van der Waals surface area contributed by atoms with Gasteiger partial charge in [0.25, 0.3) is 0 Å². The van der Waals surface area contributed by atoms with Crippen LogP contribution in [0.25, 0.3) is 0 Å². The summed E-state index contributed by atoms with van der Waals surface area (Å²) in [6.07, 6.45) is 4.19. The lowest BCUT2D eigenvalue weighted by molar-refractivity contribution is 0.0291. The van der Waals surface area contributed by atoms with Gasteiger partial charge >= 0.3 is 0 Å². The zero-order chi connectivity index (χ0) is 13.1. The second-order valence-electron chi connectivity index (χ2n) is 5.64. The van der Waals surface area contributed by atoms with Gasteiger partial charge in [-0.1, -0.05) is 24.3 Å². The molecule has 1 saturated carbocycles. The minimum atomic E-state index is 0.283. The van der Waals surface area contributed by atoms with Crippen molar-refractivity contribution in [3.05, 3.63) is 35.4 Å². The molecule has 1 aliphatic carbocycles. The van der Waals surface area contributed by atoms with E-state index in [9.17, 15) is 0 Å². The molecular weight excluding hydrogens is 238 g/mol. The van der Waals surface area contributed by atoms with Crippen molar-refractivity contribution in [2.75, 3.05) is 26.8 Å². The van der Waals surface area contributed by atoms with Crippen LogP contribution in [0.2, 0.25) is 0 Å². The summed E-state index contributed by atoms with van der Waals surface area (Å²) in [5, 5.41) is 3.38. The summed E-state index contributed by atoms with van der Waals surface area (Å²) in [4.78, 5) is 0.